The molecule has 1 atom stereocenters. The average Bonchev–Trinajstić information content (AvgIpc) is 2.80. The quantitative estimate of drug-likeness (QED) is 0.811. The molecule has 0 aromatic heterocycles. The van der Waals surface area contributed by atoms with Gasteiger partial charge in [0, 0.05) is 10.2 Å². The number of alkyl halides is 3. The normalized spacial score (nSPS) is 17.2. The molecule has 21 heavy (non-hydrogen) atoms. The van der Waals surface area contributed by atoms with E-state index < -0.39 is 6.36 Å². The van der Waals surface area contributed by atoms with Crippen molar-refractivity contribution in [3.63, 3.8) is 0 Å². The van der Waals surface area contributed by atoms with Gasteiger partial charge in [0.2, 0.25) is 0 Å². The smallest absolute Gasteiger partial charge is 0.406 e. The summed E-state index contributed by atoms with van der Waals surface area (Å²) in [6.07, 6.45) is -3.86. The molecule has 1 aliphatic heterocycles. The van der Waals surface area contributed by atoms with E-state index in [4.69, 9.17) is 0 Å². The van der Waals surface area contributed by atoms with E-state index in [0.29, 0.717) is 0 Å². The van der Waals surface area contributed by atoms with Crippen LogP contribution in [0, 0.1) is 0 Å². The zero-order valence-corrected chi connectivity index (χ0v) is 12.3. The van der Waals surface area contributed by atoms with E-state index in [-0.39, 0.29) is 11.8 Å². The van der Waals surface area contributed by atoms with Gasteiger partial charge in [0.1, 0.15) is 5.75 Å². The van der Waals surface area contributed by atoms with Crippen molar-refractivity contribution in [3.8, 4) is 5.75 Å². The van der Waals surface area contributed by atoms with Crippen LogP contribution in [0.4, 0.5) is 18.9 Å². The Balaban J connectivity index is 1.75. The number of hydrogen-bond acceptors (Lipinski definition) is 2. The maximum Gasteiger partial charge on any atom is 0.573 e. The lowest BCUT2D eigenvalue weighted by Gasteiger charge is -2.13. The Morgan fingerprint density at radius 1 is 1.10 bits per heavy atom. The fourth-order valence-corrected chi connectivity index (χ4v) is 2.84. The summed E-state index contributed by atoms with van der Waals surface area (Å²) in [5, 5.41) is 3.36. The minimum atomic E-state index is -4.66. The van der Waals surface area contributed by atoms with Crippen LogP contribution >= 0.6 is 15.9 Å². The predicted molar refractivity (Wildman–Crippen MR) is 77.3 cm³/mol. The molecular weight excluding hydrogens is 347 g/mol. The first kappa shape index (κ1) is 14.3. The number of fused-ring (bicyclic) bond motifs is 1. The lowest BCUT2D eigenvalue weighted by molar-refractivity contribution is -0.274. The van der Waals surface area contributed by atoms with Crippen molar-refractivity contribution in [3.05, 3.63) is 58.1 Å². The third-order valence-corrected chi connectivity index (χ3v) is 3.83. The molecule has 6 heteroatoms. The molecule has 1 unspecified atom stereocenters. The van der Waals surface area contributed by atoms with Crippen molar-refractivity contribution < 1.29 is 17.9 Å². The fourth-order valence-electron chi connectivity index (χ4n) is 2.43. The van der Waals surface area contributed by atoms with Gasteiger partial charge in [-0.1, -0.05) is 28.1 Å². The fraction of sp³-hybridized carbons (Fsp3) is 0.200. The molecule has 0 amide bonds. The Morgan fingerprint density at radius 3 is 2.48 bits per heavy atom. The van der Waals surface area contributed by atoms with E-state index in [0.717, 1.165) is 22.1 Å². The minimum absolute atomic E-state index is 0.0641. The van der Waals surface area contributed by atoms with E-state index in [9.17, 15) is 13.2 Å². The van der Waals surface area contributed by atoms with Crippen LogP contribution in [0.15, 0.2) is 46.9 Å². The Hall–Kier alpha value is -1.69. The number of nitrogens with one attached hydrogen (secondary N) is 1. The second-order valence-corrected chi connectivity index (χ2v) is 5.74. The first-order valence-electron chi connectivity index (χ1n) is 6.31. The van der Waals surface area contributed by atoms with Crippen LogP contribution in [0.3, 0.4) is 0 Å². The summed E-state index contributed by atoms with van der Waals surface area (Å²) in [6, 6.07) is 12.0. The van der Waals surface area contributed by atoms with Gasteiger partial charge in [0.25, 0.3) is 0 Å². The van der Waals surface area contributed by atoms with Crippen LogP contribution in [0.1, 0.15) is 17.2 Å². The first-order chi connectivity index (χ1) is 9.90. The molecule has 1 aliphatic rings. The molecule has 0 saturated carbocycles. The van der Waals surface area contributed by atoms with Gasteiger partial charge < -0.3 is 10.1 Å². The highest BCUT2D eigenvalue weighted by molar-refractivity contribution is 9.10. The van der Waals surface area contributed by atoms with Crippen LogP contribution in [0.2, 0.25) is 0 Å². The van der Waals surface area contributed by atoms with Crippen molar-refractivity contribution in [1.82, 2.24) is 0 Å². The van der Waals surface area contributed by atoms with Gasteiger partial charge in [0.05, 0.1) is 6.04 Å². The first-order valence-corrected chi connectivity index (χ1v) is 7.11. The zero-order valence-electron chi connectivity index (χ0n) is 10.7. The predicted octanol–water partition coefficient (Wildman–Crippen LogP) is 5.06. The van der Waals surface area contributed by atoms with Crippen molar-refractivity contribution in [2.45, 2.75) is 18.8 Å². The van der Waals surface area contributed by atoms with Gasteiger partial charge in [0.15, 0.2) is 0 Å². The number of rotatable bonds is 2. The molecule has 0 spiro atoms. The highest BCUT2D eigenvalue weighted by Crippen LogP contribution is 2.36. The van der Waals surface area contributed by atoms with Gasteiger partial charge in [-0.2, -0.15) is 0 Å². The molecule has 0 aliphatic carbocycles. The third-order valence-electron chi connectivity index (χ3n) is 3.34. The molecule has 0 fully saturated rings. The summed E-state index contributed by atoms with van der Waals surface area (Å²) in [4.78, 5) is 0. The Morgan fingerprint density at radius 2 is 1.81 bits per heavy atom. The number of ether oxygens (including phenoxy) is 1. The summed E-state index contributed by atoms with van der Waals surface area (Å²) < 4.78 is 41.2. The van der Waals surface area contributed by atoms with Crippen molar-refractivity contribution >= 4 is 21.6 Å². The van der Waals surface area contributed by atoms with Gasteiger partial charge in [-0.25, -0.2) is 0 Å². The Bertz CT molecular complexity index is 655. The van der Waals surface area contributed by atoms with E-state index in [2.05, 4.69) is 26.0 Å². The number of hydrogen-bond donors (Lipinski definition) is 1. The summed E-state index contributed by atoms with van der Waals surface area (Å²) in [7, 11) is 0. The summed E-state index contributed by atoms with van der Waals surface area (Å²) in [5.74, 6) is -0.204. The lowest BCUT2D eigenvalue weighted by atomic mass is 10.0. The topological polar surface area (TPSA) is 21.3 Å². The van der Waals surface area contributed by atoms with Crippen LogP contribution in [-0.4, -0.2) is 6.36 Å². The zero-order chi connectivity index (χ0) is 15.0. The molecule has 3 rings (SSSR count). The number of anilines is 1. The van der Waals surface area contributed by atoms with Crippen molar-refractivity contribution in [1.29, 1.82) is 0 Å². The molecule has 2 aromatic rings. The molecule has 110 valence electrons. The number of benzene rings is 2. The third kappa shape index (κ3) is 3.32. The lowest BCUT2D eigenvalue weighted by Crippen LogP contribution is -2.17. The van der Waals surface area contributed by atoms with Gasteiger partial charge in [-0.3, -0.25) is 0 Å². The standard InChI is InChI=1S/C15H11BrF3NO/c16-11-3-6-13-10(7-11)8-14(20-13)9-1-4-12(5-2-9)21-15(17,18)19/h1-7,14,20H,8H2. The van der Waals surface area contributed by atoms with E-state index in [1.807, 2.05) is 18.2 Å². The van der Waals surface area contributed by atoms with Crippen LogP contribution in [0.5, 0.6) is 5.75 Å². The van der Waals surface area contributed by atoms with Crippen LogP contribution < -0.4 is 10.1 Å². The van der Waals surface area contributed by atoms with Gasteiger partial charge in [-0.15, -0.1) is 13.2 Å². The van der Waals surface area contributed by atoms with E-state index in [1.165, 1.54) is 17.7 Å². The highest BCUT2D eigenvalue weighted by Gasteiger charge is 2.31. The molecular formula is C15H11BrF3NO. The molecule has 0 radical (unpaired) electrons. The molecule has 1 N–H and O–H groups in total. The van der Waals surface area contributed by atoms with Gasteiger partial charge in [-0.05, 0) is 47.9 Å². The molecule has 2 nitrogen and oxygen atoms in total. The van der Waals surface area contributed by atoms with Crippen LogP contribution in [0.25, 0.3) is 0 Å². The van der Waals surface area contributed by atoms with Crippen molar-refractivity contribution in [2.24, 2.45) is 0 Å². The molecule has 0 bridgehead atoms. The molecule has 0 saturated heterocycles. The number of halogens is 4. The minimum Gasteiger partial charge on any atom is -0.406 e. The maximum absolute atomic E-state index is 12.1. The summed E-state index contributed by atoms with van der Waals surface area (Å²) >= 11 is 3.43. The molecule has 2 aromatic carbocycles. The summed E-state index contributed by atoms with van der Waals surface area (Å²) in [5.41, 5.74) is 3.17. The monoisotopic (exact) mass is 357 g/mol. The largest absolute Gasteiger partial charge is 0.573 e. The SMILES string of the molecule is FC(F)(F)Oc1ccc(C2Cc3cc(Br)ccc3N2)cc1. The maximum atomic E-state index is 12.1. The van der Waals surface area contributed by atoms with E-state index >= 15 is 0 Å². The second-order valence-electron chi connectivity index (χ2n) is 4.82. The van der Waals surface area contributed by atoms with E-state index in [1.54, 1.807) is 12.1 Å². The highest BCUT2D eigenvalue weighted by atomic mass is 79.9. The Labute approximate surface area is 128 Å². The van der Waals surface area contributed by atoms with Crippen LogP contribution in [-0.2, 0) is 6.42 Å². The molecule has 1 heterocycles. The Kier molecular flexibility index (Phi) is 3.57. The van der Waals surface area contributed by atoms with Crippen molar-refractivity contribution in [2.75, 3.05) is 5.32 Å². The second kappa shape index (κ2) is 5.26. The average molecular weight is 358 g/mol. The van der Waals surface area contributed by atoms with Gasteiger partial charge >= 0.3 is 6.36 Å². The summed E-state index contributed by atoms with van der Waals surface area (Å²) in [6.45, 7) is 0.